The highest BCUT2D eigenvalue weighted by Crippen LogP contribution is 2.29. The summed E-state index contributed by atoms with van der Waals surface area (Å²) in [4.78, 5) is 4.26. The lowest BCUT2D eigenvalue weighted by Gasteiger charge is -2.40. The van der Waals surface area contributed by atoms with Crippen LogP contribution in [0.15, 0.2) is 36.5 Å². The molecule has 3 N–H and O–H groups in total. The normalized spacial score (nSPS) is 32.1. The summed E-state index contributed by atoms with van der Waals surface area (Å²) >= 11 is 0. The first-order chi connectivity index (χ1) is 10.6. The van der Waals surface area contributed by atoms with E-state index in [4.69, 9.17) is 9.47 Å². The molecule has 1 saturated heterocycles. The smallest absolute Gasteiger partial charge is 0.205 e. The van der Waals surface area contributed by atoms with E-state index in [-0.39, 0.29) is 6.61 Å². The van der Waals surface area contributed by atoms with Crippen LogP contribution in [0, 0.1) is 5.92 Å². The summed E-state index contributed by atoms with van der Waals surface area (Å²) in [6.45, 7) is 1.34. The minimum absolute atomic E-state index is 0.385. The van der Waals surface area contributed by atoms with Crippen molar-refractivity contribution in [2.24, 2.45) is 5.92 Å². The fraction of sp³-hybridized carbons (Fsp3) is 0.438. The van der Waals surface area contributed by atoms with Gasteiger partial charge in [0.05, 0.1) is 18.2 Å². The highest BCUT2D eigenvalue weighted by molar-refractivity contribution is 5.79. The van der Waals surface area contributed by atoms with Crippen molar-refractivity contribution in [1.29, 1.82) is 0 Å². The van der Waals surface area contributed by atoms with Crippen LogP contribution in [0.25, 0.3) is 10.9 Å². The summed E-state index contributed by atoms with van der Waals surface area (Å²) in [5, 5.41) is 30.1. The second-order valence-electron chi connectivity index (χ2n) is 5.54. The highest BCUT2D eigenvalue weighted by Gasteiger charge is 2.43. The number of hydrogen-bond donors (Lipinski definition) is 3. The van der Waals surface area contributed by atoms with E-state index in [0.717, 1.165) is 10.9 Å². The van der Waals surface area contributed by atoms with Gasteiger partial charge in [0.2, 0.25) is 6.29 Å². The minimum atomic E-state index is -1.13. The maximum atomic E-state index is 10.0. The number of aliphatic hydroxyl groups excluding tert-OH is 3. The van der Waals surface area contributed by atoms with Crippen LogP contribution in [0.4, 0.5) is 0 Å². The Hall–Kier alpha value is -1.73. The van der Waals surface area contributed by atoms with Crippen molar-refractivity contribution in [3.63, 3.8) is 0 Å². The van der Waals surface area contributed by atoms with Crippen LogP contribution in [-0.2, 0) is 4.74 Å². The van der Waals surface area contributed by atoms with Crippen molar-refractivity contribution < 1.29 is 24.8 Å². The average Bonchev–Trinajstić information content (AvgIpc) is 2.55. The van der Waals surface area contributed by atoms with E-state index in [0.29, 0.717) is 5.75 Å². The number of hydrogen-bond acceptors (Lipinski definition) is 6. The molecule has 0 amide bonds. The first-order valence-electron chi connectivity index (χ1n) is 7.24. The molecule has 2 heterocycles. The van der Waals surface area contributed by atoms with Gasteiger partial charge in [-0.1, -0.05) is 13.0 Å². The molecule has 1 aromatic carbocycles. The van der Waals surface area contributed by atoms with E-state index < -0.39 is 30.5 Å². The molecule has 6 heteroatoms. The molecule has 0 aliphatic carbocycles. The lowest BCUT2D eigenvalue weighted by Crippen LogP contribution is -2.56. The van der Waals surface area contributed by atoms with Gasteiger partial charge in [0.15, 0.2) is 0 Å². The Morgan fingerprint density at radius 2 is 2.05 bits per heavy atom. The summed E-state index contributed by atoms with van der Waals surface area (Å²) < 4.78 is 11.3. The molecule has 0 radical (unpaired) electrons. The van der Waals surface area contributed by atoms with Gasteiger partial charge in [-0.25, -0.2) is 0 Å². The summed E-state index contributed by atoms with van der Waals surface area (Å²) in [6.07, 6.45) is -2.06. The standard InChI is InChI=1S/C16H19NO5/c1-9-14(19)15(20)13(8-18)22-16(9)21-11-5-4-10-3-2-6-17-12(10)7-11/h2-7,9,13-16,18-20H,8H2,1H3/t9?,13?,14-,15+,16-/m1/s1. The van der Waals surface area contributed by atoms with E-state index >= 15 is 0 Å². The highest BCUT2D eigenvalue weighted by atomic mass is 16.7. The monoisotopic (exact) mass is 305 g/mol. The summed E-state index contributed by atoms with van der Waals surface area (Å²) in [6, 6.07) is 9.29. The van der Waals surface area contributed by atoms with Gasteiger partial charge in [-0.05, 0) is 18.2 Å². The predicted molar refractivity (Wildman–Crippen MR) is 79.3 cm³/mol. The maximum absolute atomic E-state index is 10.0. The van der Waals surface area contributed by atoms with E-state index in [9.17, 15) is 15.3 Å². The first kappa shape index (κ1) is 15.2. The fourth-order valence-electron chi connectivity index (χ4n) is 2.61. The molecule has 2 unspecified atom stereocenters. The minimum Gasteiger partial charge on any atom is -0.464 e. The lowest BCUT2D eigenvalue weighted by molar-refractivity contribution is -0.256. The van der Waals surface area contributed by atoms with Crippen LogP contribution in [0.2, 0.25) is 0 Å². The summed E-state index contributed by atoms with van der Waals surface area (Å²) in [5.74, 6) is 0.126. The van der Waals surface area contributed by atoms with Crippen LogP contribution in [0.1, 0.15) is 6.92 Å². The molecule has 1 aliphatic rings. The van der Waals surface area contributed by atoms with Gasteiger partial charge in [-0.3, -0.25) is 4.98 Å². The second kappa shape index (κ2) is 6.18. The molecule has 0 saturated carbocycles. The number of nitrogens with zero attached hydrogens (tertiary/aromatic N) is 1. The Morgan fingerprint density at radius 1 is 1.23 bits per heavy atom. The molecule has 118 valence electrons. The van der Waals surface area contributed by atoms with E-state index in [1.54, 1.807) is 25.3 Å². The van der Waals surface area contributed by atoms with Crippen molar-refractivity contribution in [3.8, 4) is 5.75 Å². The van der Waals surface area contributed by atoms with E-state index in [1.807, 2.05) is 18.2 Å². The third-order valence-electron chi connectivity index (χ3n) is 4.02. The van der Waals surface area contributed by atoms with Crippen LogP contribution in [0.5, 0.6) is 5.75 Å². The van der Waals surface area contributed by atoms with Gasteiger partial charge in [0, 0.05) is 23.6 Å². The molecule has 1 aliphatic heterocycles. The third kappa shape index (κ3) is 2.78. The molecular formula is C16H19NO5. The van der Waals surface area contributed by atoms with Crippen LogP contribution in [-0.4, -0.2) is 51.5 Å². The van der Waals surface area contributed by atoms with E-state index in [1.165, 1.54) is 0 Å². The lowest BCUT2D eigenvalue weighted by atomic mass is 9.92. The molecule has 6 nitrogen and oxygen atoms in total. The van der Waals surface area contributed by atoms with Crippen molar-refractivity contribution >= 4 is 10.9 Å². The van der Waals surface area contributed by atoms with Gasteiger partial charge in [-0.15, -0.1) is 0 Å². The molecular weight excluding hydrogens is 286 g/mol. The number of benzene rings is 1. The topological polar surface area (TPSA) is 92.0 Å². The van der Waals surface area contributed by atoms with Crippen LogP contribution >= 0.6 is 0 Å². The van der Waals surface area contributed by atoms with Crippen LogP contribution < -0.4 is 4.74 Å². The fourth-order valence-corrected chi connectivity index (χ4v) is 2.61. The van der Waals surface area contributed by atoms with Crippen molar-refractivity contribution in [1.82, 2.24) is 4.98 Å². The Bertz CT molecular complexity index is 647. The number of aromatic nitrogens is 1. The number of pyridine rings is 1. The molecule has 0 bridgehead atoms. The number of fused-ring (bicyclic) bond motifs is 1. The quantitative estimate of drug-likeness (QED) is 0.773. The first-order valence-corrected chi connectivity index (χ1v) is 7.24. The van der Waals surface area contributed by atoms with Crippen molar-refractivity contribution in [2.75, 3.05) is 6.61 Å². The van der Waals surface area contributed by atoms with Gasteiger partial charge >= 0.3 is 0 Å². The number of ether oxygens (including phenoxy) is 2. The van der Waals surface area contributed by atoms with Gasteiger partial charge < -0.3 is 24.8 Å². The molecule has 1 fully saturated rings. The molecule has 3 rings (SSSR count). The molecule has 5 atom stereocenters. The van der Waals surface area contributed by atoms with Gasteiger partial charge in [-0.2, -0.15) is 0 Å². The van der Waals surface area contributed by atoms with Gasteiger partial charge in [0.25, 0.3) is 0 Å². The van der Waals surface area contributed by atoms with E-state index in [2.05, 4.69) is 4.98 Å². The number of aliphatic hydroxyl groups is 3. The second-order valence-corrected chi connectivity index (χ2v) is 5.54. The zero-order chi connectivity index (χ0) is 15.7. The molecule has 0 spiro atoms. The zero-order valence-corrected chi connectivity index (χ0v) is 12.2. The Morgan fingerprint density at radius 3 is 2.82 bits per heavy atom. The maximum Gasteiger partial charge on any atom is 0.205 e. The third-order valence-corrected chi connectivity index (χ3v) is 4.02. The predicted octanol–water partition coefficient (Wildman–Crippen LogP) is 0.689. The Kier molecular flexibility index (Phi) is 4.26. The molecule has 2 aromatic rings. The molecule has 22 heavy (non-hydrogen) atoms. The average molecular weight is 305 g/mol. The Labute approximate surface area is 127 Å². The zero-order valence-electron chi connectivity index (χ0n) is 12.2. The summed E-state index contributed by atoms with van der Waals surface area (Å²) in [7, 11) is 0. The number of rotatable bonds is 3. The van der Waals surface area contributed by atoms with Gasteiger partial charge in [0.1, 0.15) is 18.0 Å². The summed E-state index contributed by atoms with van der Waals surface area (Å²) in [5.41, 5.74) is 0.794. The Balaban J connectivity index is 1.80. The SMILES string of the molecule is CC1[C@H](Oc2ccc3cccnc3c2)OC(CO)[C@H](O)[C@@H]1O. The largest absolute Gasteiger partial charge is 0.464 e. The van der Waals surface area contributed by atoms with Crippen molar-refractivity contribution in [3.05, 3.63) is 36.5 Å². The molecule has 1 aromatic heterocycles. The van der Waals surface area contributed by atoms with Crippen LogP contribution in [0.3, 0.4) is 0 Å². The van der Waals surface area contributed by atoms with Crippen molar-refractivity contribution in [2.45, 2.75) is 31.5 Å².